The molecule has 0 saturated carbocycles. The largest absolute Gasteiger partial charge is 0.756 e. The highest BCUT2D eigenvalue weighted by atomic mass is 31.2. The Morgan fingerprint density at radius 1 is 1.33 bits per heavy atom. The summed E-state index contributed by atoms with van der Waals surface area (Å²) in [5.74, 6) is -0.185. The molecule has 1 unspecified atom stereocenters. The van der Waals surface area contributed by atoms with Crippen molar-refractivity contribution in [3.63, 3.8) is 0 Å². The Hall–Kier alpha value is -2.71. The number of H-pyrrole nitrogens is 2. The molecule has 0 amide bonds. The van der Waals surface area contributed by atoms with Crippen LogP contribution in [0, 0.1) is 0 Å². The second-order valence-corrected chi connectivity index (χ2v) is 7.36. The molecular weight excluding hydrogens is 423 g/mol. The Labute approximate surface area is 168 Å². The lowest BCUT2D eigenvalue weighted by molar-refractivity contribution is -0.377. The number of ether oxygens (including phenoxy) is 1. The first-order chi connectivity index (χ1) is 14.2. The van der Waals surface area contributed by atoms with Gasteiger partial charge in [-0.25, -0.2) is 9.97 Å². The van der Waals surface area contributed by atoms with E-state index in [1.807, 2.05) is 30.6 Å². The average Bonchev–Trinajstić information content (AvgIpc) is 3.23. The molecule has 3 aromatic rings. The van der Waals surface area contributed by atoms with Gasteiger partial charge in [-0.1, -0.05) is 6.07 Å². The molecule has 30 heavy (non-hydrogen) atoms. The highest BCUT2D eigenvalue weighted by molar-refractivity contribution is 7.44. The molecule has 7 N–H and O–H groups in total. The van der Waals surface area contributed by atoms with Gasteiger partial charge in [0.2, 0.25) is 5.95 Å². The zero-order valence-electron chi connectivity index (χ0n) is 15.2. The molecule has 3 aromatic heterocycles. The summed E-state index contributed by atoms with van der Waals surface area (Å²) in [4.78, 5) is 43.8. The Morgan fingerprint density at radius 3 is 2.60 bits per heavy atom. The molecule has 15 heteroatoms. The van der Waals surface area contributed by atoms with Gasteiger partial charge in [-0.3, -0.25) is 18.9 Å². The summed E-state index contributed by atoms with van der Waals surface area (Å²) in [6.45, 7) is -0.714. The number of aromatic amines is 2. The van der Waals surface area contributed by atoms with Crippen LogP contribution in [0.1, 0.15) is 6.23 Å². The van der Waals surface area contributed by atoms with Crippen molar-refractivity contribution in [2.75, 3.05) is 12.3 Å². The standard InChI is InChI=1S/C10H14N5O8P.C5H5N/c11-10-13-7-4(8(18)14-10)12-2-15(7)9-6(17)5(16)3(23-9)1-22-24(19,20)21;1-2-4-6-5-3-1/h2-3,5-6,9,16-17H,1H2,(H2,19,20,21)(H3,11,13,14,18);1-5H/t3-,5-,6-,9-;/m1./s1. The van der Waals surface area contributed by atoms with Crippen molar-refractivity contribution in [3.8, 4) is 0 Å². The SMILES string of the molecule is Nc1nc2c(ncn2[C@@H]2O[C@H](COP(=O)([O-])O)[C@@H](O)[C@H]2O)c(=O)[nH]1.c1cc[nH+]cc1. The summed E-state index contributed by atoms with van der Waals surface area (Å²) in [5.41, 5.74) is 4.81. The number of nitrogens with one attached hydrogen (secondary N) is 2. The number of hydrogen-bond donors (Lipinski definition) is 5. The lowest BCUT2D eigenvalue weighted by Crippen LogP contribution is -2.34. The van der Waals surface area contributed by atoms with E-state index in [1.165, 1.54) is 4.57 Å². The molecule has 0 aromatic carbocycles. The van der Waals surface area contributed by atoms with Gasteiger partial charge < -0.3 is 35.0 Å². The van der Waals surface area contributed by atoms with Crippen LogP contribution in [0.15, 0.2) is 41.7 Å². The number of rotatable bonds is 4. The zero-order chi connectivity index (χ0) is 21.9. The van der Waals surface area contributed by atoms with E-state index in [9.17, 15) is 24.5 Å². The van der Waals surface area contributed by atoms with Crippen molar-refractivity contribution in [2.24, 2.45) is 0 Å². The van der Waals surface area contributed by atoms with Gasteiger partial charge in [0.25, 0.3) is 13.4 Å². The van der Waals surface area contributed by atoms with Crippen LogP contribution >= 0.6 is 7.82 Å². The molecule has 5 atom stereocenters. The van der Waals surface area contributed by atoms with Gasteiger partial charge in [-0.15, -0.1) is 0 Å². The monoisotopic (exact) mass is 442 g/mol. The number of fused-ring (bicyclic) bond motifs is 1. The number of nitrogens with two attached hydrogens (primary N) is 1. The van der Waals surface area contributed by atoms with Crippen LogP contribution in [-0.2, 0) is 13.8 Å². The van der Waals surface area contributed by atoms with Crippen molar-refractivity contribution in [1.29, 1.82) is 0 Å². The summed E-state index contributed by atoms with van der Waals surface area (Å²) in [6.07, 6.45) is -0.588. The number of pyridine rings is 1. The number of imidazole rings is 1. The summed E-state index contributed by atoms with van der Waals surface area (Å²) in [7, 11) is -5.01. The van der Waals surface area contributed by atoms with Crippen molar-refractivity contribution < 1.29 is 38.8 Å². The molecule has 0 bridgehead atoms. The normalized spacial score (nSPS) is 25.5. The van der Waals surface area contributed by atoms with Gasteiger partial charge in [-0.05, 0) is 0 Å². The number of aliphatic hydroxyl groups is 2. The van der Waals surface area contributed by atoms with Gasteiger partial charge in [0.1, 0.15) is 18.3 Å². The van der Waals surface area contributed by atoms with E-state index in [2.05, 4.69) is 24.5 Å². The van der Waals surface area contributed by atoms with Crippen LogP contribution in [0.2, 0.25) is 0 Å². The van der Waals surface area contributed by atoms with Gasteiger partial charge in [-0.2, -0.15) is 4.98 Å². The number of nitrogens with zero attached hydrogens (tertiary/aromatic N) is 3. The molecule has 162 valence electrons. The van der Waals surface area contributed by atoms with Gasteiger partial charge >= 0.3 is 0 Å². The minimum absolute atomic E-state index is 0.00530. The molecule has 0 aliphatic carbocycles. The van der Waals surface area contributed by atoms with Crippen LogP contribution < -0.4 is 21.2 Å². The van der Waals surface area contributed by atoms with E-state index in [-0.39, 0.29) is 17.1 Å². The minimum Gasteiger partial charge on any atom is -0.756 e. The van der Waals surface area contributed by atoms with Gasteiger partial charge in [0.05, 0.1) is 12.9 Å². The van der Waals surface area contributed by atoms with E-state index in [1.54, 1.807) is 0 Å². The highest BCUT2D eigenvalue weighted by Crippen LogP contribution is 2.35. The molecule has 0 spiro atoms. The van der Waals surface area contributed by atoms with E-state index < -0.39 is 44.5 Å². The fourth-order valence-electron chi connectivity index (χ4n) is 2.74. The lowest BCUT2D eigenvalue weighted by atomic mass is 10.1. The number of aromatic nitrogens is 5. The topological polar surface area (TPSA) is 223 Å². The summed E-state index contributed by atoms with van der Waals surface area (Å²) in [5, 5.41) is 20.0. The number of phosphoric acid groups is 1. The van der Waals surface area contributed by atoms with Gasteiger partial charge in [0, 0.05) is 12.1 Å². The number of nitrogen functional groups attached to an aromatic ring is 1. The Bertz CT molecular complexity index is 1060. The first kappa shape index (κ1) is 22.0. The van der Waals surface area contributed by atoms with Crippen molar-refractivity contribution in [1.82, 2.24) is 19.5 Å². The Morgan fingerprint density at radius 2 is 2.03 bits per heavy atom. The van der Waals surface area contributed by atoms with E-state index in [0.717, 1.165) is 6.33 Å². The molecular formula is C15H19N6O8P. The van der Waals surface area contributed by atoms with Crippen molar-refractivity contribution in [3.05, 3.63) is 47.3 Å². The first-order valence-corrected chi connectivity index (χ1v) is 10.0. The molecule has 1 saturated heterocycles. The predicted octanol–water partition coefficient (Wildman–Crippen LogP) is -2.70. The fourth-order valence-corrected chi connectivity index (χ4v) is 3.07. The molecule has 4 heterocycles. The summed E-state index contributed by atoms with van der Waals surface area (Å²) >= 11 is 0. The highest BCUT2D eigenvalue weighted by Gasteiger charge is 2.44. The Balaban J connectivity index is 0.000000367. The predicted molar refractivity (Wildman–Crippen MR) is 97.3 cm³/mol. The third-order valence-corrected chi connectivity index (χ3v) is 4.55. The van der Waals surface area contributed by atoms with Crippen molar-refractivity contribution in [2.45, 2.75) is 24.5 Å². The average molecular weight is 442 g/mol. The number of aliphatic hydroxyl groups excluding tert-OH is 2. The number of phosphoric ester groups is 1. The molecule has 14 nitrogen and oxygen atoms in total. The van der Waals surface area contributed by atoms with Crippen LogP contribution in [0.25, 0.3) is 11.2 Å². The smallest absolute Gasteiger partial charge is 0.280 e. The van der Waals surface area contributed by atoms with Crippen LogP contribution in [0.4, 0.5) is 5.95 Å². The summed E-state index contributed by atoms with van der Waals surface area (Å²) < 4.78 is 21.3. The molecule has 0 radical (unpaired) electrons. The number of anilines is 1. The second-order valence-electron chi connectivity index (χ2n) is 6.16. The zero-order valence-corrected chi connectivity index (χ0v) is 16.1. The van der Waals surface area contributed by atoms with Crippen molar-refractivity contribution >= 4 is 24.9 Å². The van der Waals surface area contributed by atoms with Crippen LogP contribution in [0.5, 0.6) is 0 Å². The maximum atomic E-state index is 11.7. The maximum Gasteiger partial charge on any atom is 0.280 e. The van der Waals surface area contributed by atoms with Crippen LogP contribution in [0.3, 0.4) is 0 Å². The van der Waals surface area contributed by atoms with E-state index in [0.29, 0.717) is 0 Å². The molecule has 1 fully saturated rings. The molecule has 1 aliphatic rings. The first-order valence-electron chi connectivity index (χ1n) is 8.50. The lowest BCUT2D eigenvalue weighted by Gasteiger charge is -2.20. The molecule has 4 rings (SSSR count). The fraction of sp³-hybridized carbons (Fsp3) is 0.333. The summed E-state index contributed by atoms with van der Waals surface area (Å²) in [6, 6.07) is 5.86. The quantitative estimate of drug-likeness (QED) is 0.261. The Kier molecular flexibility index (Phi) is 6.58. The third-order valence-electron chi connectivity index (χ3n) is 4.07. The van der Waals surface area contributed by atoms with E-state index >= 15 is 0 Å². The molecule has 1 aliphatic heterocycles. The van der Waals surface area contributed by atoms with E-state index in [4.69, 9.17) is 15.4 Å². The number of hydrogen-bond acceptors (Lipinski definition) is 10. The maximum absolute atomic E-state index is 11.7. The second kappa shape index (κ2) is 8.97. The minimum atomic E-state index is -5.01. The van der Waals surface area contributed by atoms with Gasteiger partial charge in [0.15, 0.2) is 29.8 Å². The third kappa shape index (κ3) is 5.06. The van der Waals surface area contributed by atoms with Crippen LogP contribution in [-0.4, -0.2) is 59.5 Å².